The number of benzene rings is 1. The van der Waals surface area contributed by atoms with Gasteiger partial charge in [0.1, 0.15) is 67.0 Å². The topological polar surface area (TPSA) is 327 Å². The van der Waals surface area contributed by atoms with Crippen molar-refractivity contribution in [2.75, 3.05) is 26.4 Å². The molecule has 3 aliphatic rings. The first-order valence-electron chi connectivity index (χ1n) is 16.6. The van der Waals surface area contributed by atoms with Gasteiger partial charge >= 0.3 is 59.1 Å². The Kier molecular flexibility index (Phi) is 20.3. The van der Waals surface area contributed by atoms with Gasteiger partial charge in [-0.25, -0.2) is 0 Å². The molecule has 54 heavy (non-hydrogen) atoms. The Hall–Kier alpha value is -0.930. The van der Waals surface area contributed by atoms with Crippen LogP contribution in [0.15, 0.2) is 30.3 Å². The maximum absolute atomic E-state index is 12.6. The second kappa shape index (κ2) is 22.3. The van der Waals surface area contributed by atoms with E-state index in [0.717, 1.165) is 6.92 Å². The Morgan fingerprint density at radius 2 is 1.67 bits per heavy atom. The number of rotatable bonds is 16. The van der Waals surface area contributed by atoms with E-state index in [4.69, 9.17) is 28.4 Å². The molecule has 294 valence electrons. The summed E-state index contributed by atoms with van der Waals surface area (Å²) in [4.78, 5) is 36.2. The second-order valence-corrected chi connectivity index (χ2v) is 12.8. The first-order chi connectivity index (χ1) is 24.6. The van der Waals surface area contributed by atoms with Gasteiger partial charge in [-0.2, -0.15) is 0 Å². The van der Waals surface area contributed by atoms with Crippen LogP contribution in [0.1, 0.15) is 25.3 Å². The van der Waals surface area contributed by atoms with Crippen LogP contribution in [0, 0.1) is 0 Å². The van der Waals surface area contributed by atoms with Crippen molar-refractivity contribution in [2.24, 2.45) is 0 Å². The summed E-state index contributed by atoms with van der Waals surface area (Å²) in [6.45, 7) is -1.40. The van der Waals surface area contributed by atoms with E-state index in [-0.39, 0.29) is 78.6 Å². The average molecular weight is 794 g/mol. The second-order valence-electron chi connectivity index (χ2n) is 12.8. The predicted molar refractivity (Wildman–Crippen MR) is 163 cm³/mol. The summed E-state index contributed by atoms with van der Waals surface area (Å²) in [6.07, 6.45) is -23.9. The summed E-state index contributed by atoms with van der Waals surface area (Å²) >= 11 is 0. The van der Waals surface area contributed by atoms with E-state index in [2.05, 4.69) is 5.32 Å². The van der Waals surface area contributed by atoms with Crippen molar-refractivity contribution in [3.63, 3.8) is 0 Å². The number of carbonyl (C=O) groups excluding carboxylic acids is 3. The fourth-order valence-corrected chi connectivity index (χ4v) is 6.33. The van der Waals surface area contributed by atoms with Gasteiger partial charge in [-0.1, -0.05) is 30.3 Å². The summed E-state index contributed by atoms with van der Waals surface area (Å²) in [5, 5.41) is 111. The molecule has 9 N–H and O–H groups in total. The zero-order chi connectivity index (χ0) is 38.3. The third kappa shape index (κ3) is 12.1. The van der Waals surface area contributed by atoms with Crippen molar-refractivity contribution >= 4 is 17.8 Å². The van der Waals surface area contributed by atoms with Gasteiger partial charge in [0, 0.05) is 26.4 Å². The van der Waals surface area contributed by atoms with Crippen LogP contribution in [0.2, 0.25) is 0 Å². The van der Waals surface area contributed by atoms with Crippen molar-refractivity contribution in [1.82, 2.24) is 5.32 Å². The van der Waals surface area contributed by atoms with Gasteiger partial charge in [-0.3, -0.25) is 4.79 Å². The fraction of sp³-hybridized carbons (Fsp3) is 0.719. The third-order valence-electron chi connectivity index (χ3n) is 9.11. The molecular weight excluding hydrogens is 748 g/mol. The normalized spacial score (nSPS) is 35.7. The minimum Gasteiger partial charge on any atom is -0.547 e. The molecule has 3 fully saturated rings. The third-order valence-corrected chi connectivity index (χ3v) is 9.11. The number of carbonyl (C=O) groups is 3. The van der Waals surface area contributed by atoms with Crippen molar-refractivity contribution in [1.29, 1.82) is 0 Å². The number of carboxylic acid groups (broad SMARTS) is 2. The van der Waals surface area contributed by atoms with Gasteiger partial charge in [0.05, 0.1) is 44.0 Å². The minimum absolute atomic E-state index is 0. The molecule has 4 rings (SSSR count). The number of amides is 1. The number of aliphatic hydroxyl groups is 8. The largest absolute Gasteiger partial charge is 1.00 e. The SMILES string of the molecule is CC(=O)N[C@H]1[C@H]([C@@H](O)[C@H](O)CO)O[C@@](O[C@H]2[C@@H](O)[C@@H](CO)O[C@@H](O[C@@H]3CCO[C@H](CO[C@@H](Cc4ccccc4)C(=O)[O-])[C@@H]3O)[C@@H]2O)(C(=O)[O-])C[C@@H]1O.[Na+].[Na+]. The number of aliphatic hydroxyl groups excluding tert-OH is 8. The molecular formula is C32H45NNa2O19. The number of ether oxygens (including phenoxy) is 6. The summed E-state index contributed by atoms with van der Waals surface area (Å²) in [7, 11) is 0. The standard InChI is InChI=1S/C32H47NO19.2Na/c1-14(36)33-22-16(37)10-32(31(45)46,51-27(22)23(39)17(38)11-34)52-28-25(41)20(12-35)50-30(26(28)42)49-18-7-8-47-21(24(18)40)13-48-19(29(43)44)9-15-5-3-2-4-6-15;;/h2-6,16-28,30,34-35,37-42H,7-13H2,1H3,(H,33,36)(H,43,44)(H,45,46);;/q;2*+1/p-2/t16-,17+,18+,19-,20+,21+,22+,23-,24+,25-,26+,27+,28-,30+,32-;;/m0../s1. The van der Waals surface area contributed by atoms with E-state index in [1.807, 2.05) is 0 Å². The molecule has 1 aromatic carbocycles. The van der Waals surface area contributed by atoms with Gasteiger partial charge in [0.25, 0.3) is 0 Å². The van der Waals surface area contributed by atoms with E-state index < -0.39 is 135 Å². The van der Waals surface area contributed by atoms with Crippen LogP contribution in [-0.4, -0.2) is 176 Å². The fourth-order valence-electron chi connectivity index (χ4n) is 6.33. The van der Waals surface area contributed by atoms with E-state index in [9.17, 15) is 65.4 Å². The van der Waals surface area contributed by atoms with Gasteiger partial charge in [0.15, 0.2) is 6.29 Å². The molecule has 0 aromatic heterocycles. The zero-order valence-electron chi connectivity index (χ0n) is 30.0. The minimum atomic E-state index is -3.10. The Balaban J connectivity index is 0.00000504. The average Bonchev–Trinajstić information content (AvgIpc) is 3.11. The van der Waals surface area contributed by atoms with Crippen LogP contribution in [0.3, 0.4) is 0 Å². The van der Waals surface area contributed by atoms with Crippen LogP contribution in [0.5, 0.6) is 0 Å². The maximum Gasteiger partial charge on any atom is 1.00 e. The molecule has 22 heteroatoms. The molecule has 0 unspecified atom stereocenters. The molecule has 0 saturated carbocycles. The molecule has 0 radical (unpaired) electrons. The predicted octanol–water partition coefficient (Wildman–Crippen LogP) is -13.5. The van der Waals surface area contributed by atoms with E-state index in [1.54, 1.807) is 30.3 Å². The molecule has 0 spiro atoms. The van der Waals surface area contributed by atoms with Crippen molar-refractivity contribution in [3.8, 4) is 0 Å². The smallest absolute Gasteiger partial charge is 0.547 e. The Bertz CT molecular complexity index is 1340. The van der Waals surface area contributed by atoms with E-state index in [1.165, 1.54) is 0 Å². The van der Waals surface area contributed by atoms with Gasteiger partial charge < -0.3 is 94.4 Å². The monoisotopic (exact) mass is 793 g/mol. The molecule has 20 nitrogen and oxygen atoms in total. The van der Waals surface area contributed by atoms with Crippen molar-refractivity contribution in [2.45, 2.75) is 118 Å². The van der Waals surface area contributed by atoms with Crippen LogP contribution in [0.4, 0.5) is 0 Å². The van der Waals surface area contributed by atoms with Gasteiger partial charge in [-0.15, -0.1) is 0 Å². The molecule has 1 aromatic rings. The van der Waals surface area contributed by atoms with Gasteiger partial charge in [0.2, 0.25) is 11.7 Å². The number of aliphatic carboxylic acids is 2. The number of hydrogen-bond donors (Lipinski definition) is 9. The van der Waals surface area contributed by atoms with E-state index >= 15 is 0 Å². The molecule has 3 saturated heterocycles. The van der Waals surface area contributed by atoms with E-state index in [0.29, 0.717) is 5.56 Å². The Morgan fingerprint density at radius 3 is 2.24 bits per heavy atom. The van der Waals surface area contributed by atoms with Crippen LogP contribution >= 0.6 is 0 Å². The summed E-state index contributed by atoms with van der Waals surface area (Å²) in [6, 6.07) is 7.03. The Morgan fingerprint density at radius 1 is 1.00 bits per heavy atom. The molecule has 0 bridgehead atoms. The van der Waals surface area contributed by atoms with Crippen molar-refractivity contribution < 1.29 is 153 Å². The van der Waals surface area contributed by atoms with Crippen LogP contribution in [0.25, 0.3) is 0 Å². The molecule has 0 aliphatic carbocycles. The summed E-state index contributed by atoms with van der Waals surface area (Å²) in [5.74, 6) is -7.53. The Labute approximate surface area is 353 Å². The molecule has 3 aliphatic heterocycles. The summed E-state index contributed by atoms with van der Waals surface area (Å²) < 4.78 is 33.6. The van der Waals surface area contributed by atoms with Gasteiger partial charge in [-0.05, 0) is 12.0 Å². The maximum atomic E-state index is 12.6. The first kappa shape index (κ1) is 49.2. The van der Waals surface area contributed by atoms with Crippen LogP contribution < -0.4 is 74.6 Å². The van der Waals surface area contributed by atoms with Crippen molar-refractivity contribution in [3.05, 3.63) is 35.9 Å². The molecule has 15 atom stereocenters. The summed E-state index contributed by atoms with van der Waals surface area (Å²) in [5.41, 5.74) is 0.652. The number of hydrogen-bond acceptors (Lipinski definition) is 19. The van der Waals surface area contributed by atoms with Crippen LogP contribution in [-0.2, 0) is 49.2 Å². The molecule has 1 amide bonds. The number of nitrogens with one attached hydrogen (secondary N) is 1. The first-order valence-corrected chi connectivity index (χ1v) is 16.6. The quantitative estimate of drug-likeness (QED) is 0.0702. The number of carboxylic acids is 2. The molecule has 3 heterocycles. The zero-order valence-corrected chi connectivity index (χ0v) is 34.0.